The molecule has 3 aromatic rings. The number of allylic oxidation sites excluding steroid dienone is 1. The van der Waals surface area contributed by atoms with Crippen molar-refractivity contribution in [2.75, 3.05) is 33.4 Å². The quantitative estimate of drug-likeness (QED) is 0.423. The summed E-state index contributed by atoms with van der Waals surface area (Å²) in [5, 5.41) is 16.3. The van der Waals surface area contributed by atoms with Crippen LogP contribution in [0.5, 0.6) is 5.75 Å². The molecule has 3 N–H and O–H groups in total. The van der Waals surface area contributed by atoms with Gasteiger partial charge in [0.1, 0.15) is 29.5 Å². The number of nitrogens with one attached hydrogen (secondary N) is 2. The summed E-state index contributed by atoms with van der Waals surface area (Å²) in [7, 11) is 1.88. The number of aryl methyl sites for hydroxylation is 1. The molecule has 8 nitrogen and oxygen atoms in total. The topological polar surface area (TPSA) is 97.6 Å². The molecule has 0 saturated carbocycles. The first-order valence-electron chi connectivity index (χ1n) is 10.8. The molecule has 32 heavy (non-hydrogen) atoms. The Bertz CT molecular complexity index is 1100. The number of imidazole rings is 1. The Morgan fingerprint density at radius 3 is 2.75 bits per heavy atom. The normalized spacial score (nSPS) is 13.3. The fraction of sp³-hybridized carbons (Fsp3) is 0.333. The molecule has 0 spiro atoms. The summed E-state index contributed by atoms with van der Waals surface area (Å²) in [6, 6.07) is 15.3. The second-order valence-electron chi connectivity index (χ2n) is 7.54. The van der Waals surface area contributed by atoms with E-state index in [0.717, 1.165) is 28.9 Å². The van der Waals surface area contributed by atoms with Crippen LogP contribution in [0.1, 0.15) is 17.8 Å². The maximum Gasteiger partial charge on any atom is 0.258 e. The van der Waals surface area contributed by atoms with Crippen molar-refractivity contribution in [3.63, 3.8) is 0 Å². The second kappa shape index (κ2) is 10.3. The molecular weight excluding hydrogens is 408 g/mol. The highest BCUT2D eigenvalue weighted by molar-refractivity contribution is 6.19. The van der Waals surface area contributed by atoms with Crippen LogP contribution < -0.4 is 15.4 Å². The fourth-order valence-electron chi connectivity index (χ4n) is 3.67. The minimum atomic E-state index is -0.335. The van der Waals surface area contributed by atoms with E-state index < -0.39 is 0 Å². The molecule has 0 unspecified atom stereocenters. The number of para-hydroxylation sites is 2. The number of ether oxygens (including phenoxy) is 2. The van der Waals surface area contributed by atoms with Gasteiger partial charge in [-0.3, -0.25) is 4.79 Å². The highest BCUT2D eigenvalue weighted by Gasteiger charge is 2.27. The molecule has 0 radical (unpaired) electrons. The number of carbonyl (C=O) groups excluding carboxylic acids is 1. The number of benzene rings is 2. The van der Waals surface area contributed by atoms with E-state index in [0.29, 0.717) is 45.2 Å². The maximum absolute atomic E-state index is 12.9. The van der Waals surface area contributed by atoms with Gasteiger partial charge < -0.3 is 29.8 Å². The molecule has 0 saturated heterocycles. The van der Waals surface area contributed by atoms with Gasteiger partial charge in [0.25, 0.3) is 5.91 Å². The van der Waals surface area contributed by atoms with E-state index in [1.54, 1.807) is 0 Å². The molecule has 0 fully saturated rings. The van der Waals surface area contributed by atoms with Crippen molar-refractivity contribution in [1.82, 2.24) is 20.2 Å². The molecule has 2 heterocycles. The average Bonchev–Trinajstić information content (AvgIpc) is 3.19. The zero-order valence-electron chi connectivity index (χ0n) is 18.1. The lowest BCUT2D eigenvalue weighted by Gasteiger charge is -2.18. The van der Waals surface area contributed by atoms with E-state index in [-0.39, 0.29) is 17.2 Å². The third-order valence-electron chi connectivity index (χ3n) is 5.34. The van der Waals surface area contributed by atoms with Gasteiger partial charge in [0.15, 0.2) is 0 Å². The van der Waals surface area contributed by atoms with Gasteiger partial charge in [-0.2, -0.15) is 0 Å². The molecule has 0 atom stereocenters. The predicted molar refractivity (Wildman–Crippen MR) is 122 cm³/mol. The van der Waals surface area contributed by atoms with Gasteiger partial charge in [0.05, 0.1) is 24.2 Å². The highest BCUT2D eigenvalue weighted by Crippen LogP contribution is 2.29. The Hall–Kier alpha value is -3.36. The Kier molecular flexibility index (Phi) is 7.03. The lowest BCUT2D eigenvalue weighted by molar-refractivity contribution is -0.116. The molecule has 8 heteroatoms. The molecule has 2 aromatic carbocycles. The van der Waals surface area contributed by atoms with E-state index in [9.17, 15) is 9.90 Å². The molecule has 1 aliphatic rings. The molecular formula is C24H28N4O4. The number of hydrogen-bond acceptors (Lipinski definition) is 6. The van der Waals surface area contributed by atoms with Gasteiger partial charge in [-0.15, -0.1) is 0 Å². The van der Waals surface area contributed by atoms with Crippen LogP contribution in [0.15, 0.2) is 54.3 Å². The SMILES string of the molecule is CNCCOCCOc1ccc(CNC(=O)C2=C(O)CCn3c2nc2ccccc23)cc1. The first-order valence-corrected chi connectivity index (χ1v) is 10.8. The summed E-state index contributed by atoms with van der Waals surface area (Å²) in [5.41, 5.74) is 2.94. The minimum absolute atomic E-state index is 0.0750. The molecule has 168 valence electrons. The summed E-state index contributed by atoms with van der Waals surface area (Å²) in [5.74, 6) is 0.996. The smallest absolute Gasteiger partial charge is 0.258 e. The molecule has 1 amide bonds. The van der Waals surface area contributed by atoms with Crippen molar-refractivity contribution >= 4 is 22.5 Å². The van der Waals surface area contributed by atoms with Crippen LogP contribution in [-0.4, -0.2) is 54.0 Å². The van der Waals surface area contributed by atoms with Gasteiger partial charge in [-0.1, -0.05) is 24.3 Å². The number of likely N-dealkylation sites (N-methyl/N-ethyl adjacent to an activating group) is 1. The van der Waals surface area contributed by atoms with Gasteiger partial charge in [-0.05, 0) is 36.9 Å². The van der Waals surface area contributed by atoms with Crippen molar-refractivity contribution in [2.24, 2.45) is 0 Å². The number of aliphatic hydroxyl groups excluding tert-OH is 1. The first kappa shape index (κ1) is 21.9. The fourth-order valence-corrected chi connectivity index (χ4v) is 3.67. The lowest BCUT2D eigenvalue weighted by atomic mass is 10.1. The number of amides is 1. The van der Waals surface area contributed by atoms with Crippen LogP contribution in [0.3, 0.4) is 0 Å². The summed E-state index contributed by atoms with van der Waals surface area (Å²) in [4.78, 5) is 17.5. The maximum atomic E-state index is 12.9. The first-order chi connectivity index (χ1) is 15.7. The van der Waals surface area contributed by atoms with Crippen LogP contribution in [0.2, 0.25) is 0 Å². The van der Waals surface area contributed by atoms with Crippen LogP contribution in [-0.2, 0) is 22.6 Å². The summed E-state index contributed by atoms with van der Waals surface area (Å²) >= 11 is 0. The second-order valence-corrected chi connectivity index (χ2v) is 7.54. The van der Waals surface area contributed by atoms with Crippen molar-refractivity contribution in [2.45, 2.75) is 19.5 Å². The van der Waals surface area contributed by atoms with Crippen LogP contribution in [0, 0.1) is 0 Å². The zero-order chi connectivity index (χ0) is 22.3. The van der Waals surface area contributed by atoms with Crippen molar-refractivity contribution in [3.8, 4) is 5.75 Å². The lowest BCUT2D eigenvalue weighted by Crippen LogP contribution is -2.28. The highest BCUT2D eigenvalue weighted by atomic mass is 16.5. The molecule has 4 rings (SSSR count). The van der Waals surface area contributed by atoms with Crippen molar-refractivity contribution in [3.05, 3.63) is 65.7 Å². The van der Waals surface area contributed by atoms with Gasteiger partial charge >= 0.3 is 0 Å². The minimum Gasteiger partial charge on any atom is -0.511 e. The van der Waals surface area contributed by atoms with Crippen molar-refractivity contribution in [1.29, 1.82) is 0 Å². The Morgan fingerprint density at radius 2 is 1.94 bits per heavy atom. The van der Waals surface area contributed by atoms with Crippen LogP contribution >= 0.6 is 0 Å². The number of hydrogen-bond donors (Lipinski definition) is 3. The Morgan fingerprint density at radius 1 is 1.12 bits per heavy atom. The van der Waals surface area contributed by atoms with E-state index in [1.807, 2.05) is 60.1 Å². The summed E-state index contributed by atoms with van der Waals surface area (Å²) in [6.45, 7) is 3.41. The molecule has 1 aliphatic heterocycles. The monoisotopic (exact) mass is 436 g/mol. The standard InChI is InChI=1S/C24H28N4O4/c1-25-11-13-31-14-15-32-18-8-6-17(7-9-18)16-26-24(30)22-21(29)10-12-28-20-5-3-2-4-19(20)27-23(22)28/h2-9,25,29H,10-16H2,1H3,(H,26,30). The van der Waals surface area contributed by atoms with E-state index in [2.05, 4.69) is 15.6 Å². The third kappa shape index (κ3) is 4.92. The number of aromatic nitrogens is 2. The van der Waals surface area contributed by atoms with Gasteiger partial charge in [0, 0.05) is 26.1 Å². The Balaban J connectivity index is 1.34. The number of carbonyl (C=O) groups is 1. The van der Waals surface area contributed by atoms with E-state index >= 15 is 0 Å². The largest absolute Gasteiger partial charge is 0.511 e. The summed E-state index contributed by atoms with van der Waals surface area (Å²) in [6.07, 6.45) is 0.404. The predicted octanol–water partition coefficient (Wildman–Crippen LogP) is 2.64. The molecule has 0 bridgehead atoms. The number of rotatable bonds is 10. The number of aliphatic hydroxyl groups is 1. The van der Waals surface area contributed by atoms with Crippen molar-refractivity contribution < 1.29 is 19.4 Å². The van der Waals surface area contributed by atoms with Crippen LogP contribution in [0.4, 0.5) is 0 Å². The van der Waals surface area contributed by atoms with E-state index in [4.69, 9.17) is 9.47 Å². The third-order valence-corrected chi connectivity index (χ3v) is 5.34. The molecule has 0 aliphatic carbocycles. The summed E-state index contributed by atoms with van der Waals surface area (Å²) < 4.78 is 13.1. The van der Waals surface area contributed by atoms with Gasteiger partial charge in [-0.25, -0.2) is 4.98 Å². The molecule has 1 aromatic heterocycles. The van der Waals surface area contributed by atoms with Gasteiger partial charge in [0.2, 0.25) is 0 Å². The Labute approximate surface area is 186 Å². The zero-order valence-corrected chi connectivity index (χ0v) is 18.1. The number of nitrogens with zero attached hydrogens (tertiary/aromatic N) is 2. The average molecular weight is 437 g/mol. The van der Waals surface area contributed by atoms with E-state index in [1.165, 1.54) is 0 Å². The van der Waals surface area contributed by atoms with Crippen LogP contribution in [0.25, 0.3) is 16.6 Å². The number of fused-ring (bicyclic) bond motifs is 3.